The highest BCUT2D eigenvalue weighted by Gasteiger charge is 2.24. The SMILES string of the molecule is CCC(O)(CC)Cn1c(=O)[nH][nH]c1=O. The minimum absolute atomic E-state index is 0.0255. The summed E-state index contributed by atoms with van der Waals surface area (Å²) < 4.78 is 0.965. The summed E-state index contributed by atoms with van der Waals surface area (Å²) in [5.41, 5.74) is -2.02. The third-order valence-electron chi connectivity index (χ3n) is 2.54. The first kappa shape index (κ1) is 10.8. The number of aromatic nitrogens is 3. The molecule has 0 saturated heterocycles. The summed E-state index contributed by atoms with van der Waals surface area (Å²) in [7, 11) is 0. The summed E-state index contributed by atoms with van der Waals surface area (Å²) in [5.74, 6) is 0. The average Bonchev–Trinajstić information content (AvgIpc) is 2.49. The van der Waals surface area contributed by atoms with Crippen LogP contribution in [0.15, 0.2) is 9.59 Å². The second-order valence-electron chi connectivity index (χ2n) is 3.38. The van der Waals surface area contributed by atoms with Gasteiger partial charge in [-0.1, -0.05) is 13.8 Å². The van der Waals surface area contributed by atoms with Gasteiger partial charge in [0.1, 0.15) is 0 Å². The molecule has 0 unspecified atom stereocenters. The van der Waals surface area contributed by atoms with Gasteiger partial charge in [-0.15, -0.1) is 0 Å². The Morgan fingerprint density at radius 3 is 2.00 bits per heavy atom. The topological polar surface area (TPSA) is 90.9 Å². The van der Waals surface area contributed by atoms with Crippen LogP contribution in [0.4, 0.5) is 0 Å². The van der Waals surface area contributed by atoms with Crippen LogP contribution in [0.3, 0.4) is 0 Å². The molecule has 1 rings (SSSR count). The molecule has 1 heterocycles. The number of H-pyrrole nitrogens is 2. The lowest BCUT2D eigenvalue weighted by Crippen LogP contribution is -2.40. The predicted molar refractivity (Wildman–Crippen MR) is 51.2 cm³/mol. The van der Waals surface area contributed by atoms with Crippen LogP contribution in [-0.2, 0) is 6.54 Å². The Morgan fingerprint density at radius 1 is 1.21 bits per heavy atom. The van der Waals surface area contributed by atoms with Crippen LogP contribution in [0.2, 0.25) is 0 Å². The molecule has 6 nitrogen and oxygen atoms in total. The number of hydrogen-bond acceptors (Lipinski definition) is 3. The monoisotopic (exact) mass is 201 g/mol. The van der Waals surface area contributed by atoms with E-state index in [1.807, 2.05) is 13.8 Å². The Labute approximate surface area is 80.6 Å². The molecule has 14 heavy (non-hydrogen) atoms. The maximum atomic E-state index is 11.1. The van der Waals surface area contributed by atoms with Gasteiger partial charge in [0.25, 0.3) is 0 Å². The Kier molecular flexibility index (Phi) is 2.95. The minimum Gasteiger partial charge on any atom is -0.388 e. The number of aromatic amines is 2. The molecule has 0 amide bonds. The molecular weight excluding hydrogens is 186 g/mol. The van der Waals surface area contributed by atoms with Gasteiger partial charge < -0.3 is 5.11 Å². The summed E-state index contributed by atoms with van der Waals surface area (Å²) in [5, 5.41) is 14.3. The Bertz CT molecular complexity index is 369. The van der Waals surface area contributed by atoms with Crippen LogP contribution in [0.1, 0.15) is 26.7 Å². The third-order valence-corrected chi connectivity index (χ3v) is 2.54. The highest BCUT2D eigenvalue weighted by Crippen LogP contribution is 2.15. The van der Waals surface area contributed by atoms with Crippen molar-refractivity contribution in [3.63, 3.8) is 0 Å². The van der Waals surface area contributed by atoms with Gasteiger partial charge in [0, 0.05) is 0 Å². The van der Waals surface area contributed by atoms with E-state index in [2.05, 4.69) is 10.2 Å². The molecule has 1 aromatic heterocycles. The van der Waals surface area contributed by atoms with Crippen molar-refractivity contribution >= 4 is 0 Å². The number of rotatable bonds is 4. The van der Waals surface area contributed by atoms with Crippen LogP contribution >= 0.6 is 0 Å². The van der Waals surface area contributed by atoms with Crippen molar-refractivity contribution in [1.29, 1.82) is 0 Å². The largest absolute Gasteiger partial charge is 0.388 e. The standard InChI is InChI=1S/C8H15N3O3/c1-3-8(14,4-2)5-11-6(12)9-10-7(11)13/h14H,3-5H2,1-2H3,(H,9,12)(H,10,13). The van der Waals surface area contributed by atoms with Gasteiger partial charge in [0.05, 0.1) is 12.1 Å². The number of nitrogens with one attached hydrogen (secondary N) is 2. The van der Waals surface area contributed by atoms with Gasteiger partial charge in [0.15, 0.2) is 0 Å². The first-order valence-electron chi connectivity index (χ1n) is 4.62. The maximum absolute atomic E-state index is 11.1. The van der Waals surface area contributed by atoms with Gasteiger partial charge in [-0.3, -0.25) is 0 Å². The zero-order valence-electron chi connectivity index (χ0n) is 8.33. The summed E-state index contributed by atoms with van der Waals surface area (Å²) in [6.45, 7) is 3.66. The molecule has 0 atom stereocenters. The van der Waals surface area contributed by atoms with E-state index in [-0.39, 0.29) is 6.54 Å². The quantitative estimate of drug-likeness (QED) is 0.608. The Balaban J connectivity index is 2.99. The first-order valence-corrected chi connectivity index (χ1v) is 4.62. The van der Waals surface area contributed by atoms with Crippen molar-refractivity contribution in [2.45, 2.75) is 38.8 Å². The molecule has 0 aliphatic rings. The van der Waals surface area contributed by atoms with Crippen LogP contribution in [0.5, 0.6) is 0 Å². The lowest BCUT2D eigenvalue weighted by Gasteiger charge is -2.24. The van der Waals surface area contributed by atoms with E-state index in [9.17, 15) is 14.7 Å². The average molecular weight is 201 g/mol. The Hall–Kier alpha value is -1.30. The molecule has 0 bridgehead atoms. The number of aliphatic hydroxyl groups is 1. The lowest BCUT2D eigenvalue weighted by molar-refractivity contribution is 0.0134. The predicted octanol–water partition coefficient (Wildman–Crippen LogP) is -0.584. The van der Waals surface area contributed by atoms with Crippen molar-refractivity contribution < 1.29 is 5.11 Å². The van der Waals surface area contributed by atoms with E-state index < -0.39 is 17.0 Å². The normalized spacial score (nSPS) is 11.9. The van der Waals surface area contributed by atoms with E-state index in [4.69, 9.17) is 0 Å². The highest BCUT2D eigenvalue weighted by atomic mass is 16.3. The molecule has 3 N–H and O–H groups in total. The molecule has 0 radical (unpaired) electrons. The zero-order valence-corrected chi connectivity index (χ0v) is 8.33. The number of nitrogens with zero attached hydrogens (tertiary/aromatic N) is 1. The van der Waals surface area contributed by atoms with Gasteiger partial charge in [-0.25, -0.2) is 24.4 Å². The maximum Gasteiger partial charge on any atom is 0.344 e. The van der Waals surface area contributed by atoms with Crippen LogP contribution < -0.4 is 11.4 Å². The molecular formula is C8H15N3O3. The summed E-state index contributed by atoms with van der Waals surface area (Å²) in [6.07, 6.45) is 1.00. The molecule has 0 aromatic carbocycles. The minimum atomic E-state index is -0.987. The molecule has 0 aliphatic carbocycles. The van der Waals surface area contributed by atoms with Crippen LogP contribution in [-0.4, -0.2) is 25.5 Å². The van der Waals surface area contributed by atoms with Crippen molar-refractivity contribution in [3.8, 4) is 0 Å². The van der Waals surface area contributed by atoms with Gasteiger partial charge in [-0.05, 0) is 12.8 Å². The smallest absolute Gasteiger partial charge is 0.344 e. The zero-order chi connectivity index (χ0) is 10.8. The molecule has 0 saturated carbocycles. The van der Waals surface area contributed by atoms with Gasteiger partial charge >= 0.3 is 11.4 Å². The summed E-state index contributed by atoms with van der Waals surface area (Å²) in [6, 6.07) is 0. The molecule has 0 spiro atoms. The summed E-state index contributed by atoms with van der Waals surface area (Å²) in [4.78, 5) is 22.2. The van der Waals surface area contributed by atoms with Crippen molar-refractivity contribution in [2.24, 2.45) is 0 Å². The van der Waals surface area contributed by atoms with E-state index in [0.717, 1.165) is 4.57 Å². The second-order valence-corrected chi connectivity index (χ2v) is 3.38. The molecule has 0 aliphatic heterocycles. The molecule has 0 fully saturated rings. The van der Waals surface area contributed by atoms with E-state index in [1.54, 1.807) is 0 Å². The fraction of sp³-hybridized carbons (Fsp3) is 0.750. The van der Waals surface area contributed by atoms with Crippen molar-refractivity contribution in [2.75, 3.05) is 0 Å². The third kappa shape index (κ3) is 1.95. The lowest BCUT2D eigenvalue weighted by atomic mass is 9.98. The molecule has 6 heteroatoms. The highest BCUT2D eigenvalue weighted by molar-refractivity contribution is 4.78. The van der Waals surface area contributed by atoms with Crippen LogP contribution in [0, 0.1) is 0 Å². The summed E-state index contributed by atoms with van der Waals surface area (Å²) >= 11 is 0. The van der Waals surface area contributed by atoms with Gasteiger partial charge in [-0.2, -0.15) is 0 Å². The molecule has 1 aromatic rings. The Morgan fingerprint density at radius 2 is 1.64 bits per heavy atom. The van der Waals surface area contributed by atoms with E-state index in [1.165, 1.54) is 0 Å². The second kappa shape index (κ2) is 3.83. The van der Waals surface area contributed by atoms with Crippen molar-refractivity contribution in [3.05, 3.63) is 21.0 Å². The fourth-order valence-electron chi connectivity index (χ4n) is 1.25. The van der Waals surface area contributed by atoms with E-state index in [0.29, 0.717) is 12.8 Å². The molecule has 80 valence electrons. The van der Waals surface area contributed by atoms with Gasteiger partial charge in [0.2, 0.25) is 0 Å². The van der Waals surface area contributed by atoms with Crippen LogP contribution in [0.25, 0.3) is 0 Å². The van der Waals surface area contributed by atoms with Crippen molar-refractivity contribution in [1.82, 2.24) is 14.8 Å². The van der Waals surface area contributed by atoms with E-state index >= 15 is 0 Å². The fourth-order valence-corrected chi connectivity index (χ4v) is 1.25. The number of hydrogen-bond donors (Lipinski definition) is 3. The first-order chi connectivity index (χ1) is 6.52.